The average Bonchev–Trinajstić information content (AvgIpc) is 3.22. The summed E-state index contributed by atoms with van der Waals surface area (Å²) in [7, 11) is -3.45. The van der Waals surface area contributed by atoms with Crippen molar-refractivity contribution in [2.75, 3.05) is 13.1 Å². The molecular weight excluding hydrogens is 274 g/mol. The van der Waals surface area contributed by atoms with Crippen molar-refractivity contribution in [1.82, 2.24) is 4.31 Å². The molecule has 1 aromatic rings. The summed E-state index contributed by atoms with van der Waals surface area (Å²) in [4.78, 5) is 0.282. The molecule has 0 aliphatic heterocycles. The monoisotopic (exact) mass is 297 g/mol. The highest BCUT2D eigenvalue weighted by Gasteiger charge is 2.31. The summed E-state index contributed by atoms with van der Waals surface area (Å²) < 4.78 is 27.0. The lowest BCUT2D eigenvalue weighted by atomic mass is 10.1. The van der Waals surface area contributed by atoms with Gasteiger partial charge >= 0.3 is 0 Å². The van der Waals surface area contributed by atoms with Crippen molar-refractivity contribution in [3.05, 3.63) is 29.8 Å². The Bertz CT molecular complexity index is 550. The van der Waals surface area contributed by atoms with Crippen LogP contribution < -0.4 is 0 Å². The van der Waals surface area contributed by atoms with Crippen molar-refractivity contribution in [2.45, 2.75) is 44.1 Å². The summed E-state index contributed by atoms with van der Waals surface area (Å²) in [6.45, 7) is 4.80. The quantitative estimate of drug-likeness (QED) is 0.841. The Morgan fingerprint density at radius 2 is 2.10 bits per heavy atom. The molecule has 5 heteroatoms. The standard InChI is InChI=1S/C15H23NO3S/c1-3-9-16(11-13-7-8-13)20(18,19)15-6-4-5-14(10-15)12(2)17/h4-6,10,12-13,17H,3,7-9,11H2,1-2H3. The van der Waals surface area contributed by atoms with Crippen LogP contribution in [0.25, 0.3) is 0 Å². The van der Waals surface area contributed by atoms with Gasteiger partial charge in [-0.2, -0.15) is 4.31 Å². The molecule has 0 saturated heterocycles. The minimum absolute atomic E-state index is 0.282. The Labute approximate surface area is 121 Å². The molecule has 1 unspecified atom stereocenters. The van der Waals surface area contributed by atoms with Crippen LogP contribution in [0.4, 0.5) is 0 Å². The van der Waals surface area contributed by atoms with Crippen molar-refractivity contribution >= 4 is 10.0 Å². The van der Waals surface area contributed by atoms with Crippen LogP contribution in [0.15, 0.2) is 29.2 Å². The fourth-order valence-electron chi connectivity index (χ4n) is 2.23. The Morgan fingerprint density at radius 1 is 1.40 bits per heavy atom. The van der Waals surface area contributed by atoms with E-state index in [1.165, 1.54) is 0 Å². The first-order valence-electron chi connectivity index (χ1n) is 7.23. The third-order valence-corrected chi connectivity index (χ3v) is 5.47. The molecule has 20 heavy (non-hydrogen) atoms. The topological polar surface area (TPSA) is 57.6 Å². The van der Waals surface area contributed by atoms with E-state index < -0.39 is 16.1 Å². The average molecular weight is 297 g/mol. The summed E-state index contributed by atoms with van der Waals surface area (Å²) in [6, 6.07) is 6.62. The van der Waals surface area contributed by atoms with E-state index >= 15 is 0 Å². The highest BCUT2D eigenvalue weighted by atomic mass is 32.2. The zero-order valence-electron chi connectivity index (χ0n) is 12.1. The van der Waals surface area contributed by atoms with Gasteiger partial charge in [0.25, 0.3) is 0 Å². The third-order valence-electron chi connectivity index (χ3n) is 3.61. The van der Waals surface area contributed by atoms with E-state index in [2.05, 4.69) is 0 Å². The smallest absolute Gasteiger partial charge is 0.243 e. The Hall–Kier alpha value is -0.910. The van der Waals surface area contributed by atoms with E-state index in [1.54, 1.807) is 35.5 Å². The SMILES string of the molecule is CCCN(CC1CC1)S(=O)(=O)c1cccc(C(C)O)c1. The predicted octanol–water partition coefficient (Wildman–Crippen LogP) is 2.55. The van der Waals surface area contributed by atoms with E-state index in [4.69, 9.17) is 0 Å². The fourth-order valence-corrected chi connectivity index (χ4v) is 3.90. The van der Waals surface area contributed by atoms with Gasteiger partial charge < -0.3 is 5.11 Å². The fraction of sp³-hybridized carbons (Fsp3) is 0.600. The predicted molar refractivity (Wildman–Crippen MR) is 78.8 cm³/mol. The summed E-state index contributed by atoms with van der Waals surface area (Å²) in [5.41, 5.74) is 0.633. The van der Waals surface area contributed by atoms with Crippen molar-refractivity contribution in [3.63, 3.8) is 0 Å². The Balaban J connectivity index is 2.28. The van der Waals surface area contributed by atoms with Gasteiger partial charge in [0.15, 0.2) is 0 Å². The van der Waals surface area contributed by atoms with Crippen LogP contribution >= 0.6 is 0 Å². The number of benzene rings is 1. The van der Waals surface area contributed by atoms with E-state index in [9.17, 15) is 13.5 Å². The lowest BCUT2D eigenvalue weighted by Crippen LogP contribution is -2.33. The van der Waals surface area contributed by atoms with Crippen LogP contribution in [0.2, 0.25) is 0 Å². The van der Waals surface area contributed by atoms with Gasteiger partial charge in [-0.15, -0.1) is 0 Å². The van der Waals surface area contributed by atoms with Crippen molar-refractivity contribution in [2.24, 2.45) is 5.92 Å². The molecule has 1 aliphatic rings. The van der Waals surface area contributed by atoms with Gasteiger partial charge in [-0.05, 0) is 49.8 Å². The zero-order chi connectivity index (χ0) is 14.8. The molecule has 0 radical (unpaired) electrons. The van der Waals surface area contributed by atoms with Gasteiger partial charge in [0.2, 0.25) is 10.0 Å². The van der Waals surface area contributed by atoms with Crippen molar-refractivity contribution in [1.29, 1.82) is 0 Å². The number of rotatable bonds is 7. The summed E-state index contributed by atoms with van der Waals surface area (Å²) in [5, 5.41) is 9.60. The van der Waals surface area contributed by atoms with E-state index in [0.29, 0.717) is 24.6 Å². The van der Waals surface area contributed by atoms with Crippen molar-refractivity contribution in [3.8, 4) is 0 Å². The minimum Gasteiger partial charge on any atom is -0.389 e. The van der Waals surface area contributed by atoms with E-state index in [1.807, 2.05) is 6.92 Å². The van der Waals surface area contributed by atoms with Gasteiger partial charge in [0, 0.05) is 13.1 Å². The molecule has 1 N–H and O–H groups in total. The highest BCUT2D eigenvalue weighted by molar-refractivity contribution is 7.89. The molecule has 1 atom stereocenters. The molecule has 2 rings (SSSR count). The van der Waals surface area contributed by atoms with Crippen LogP contribution in [-0.4, -0.2) is 30.9 Å². The normalized spacial score (nSPS) is 17.4. The lowest BCUT2D eigenvalue weighted by molar-refractivity contribution is 0.199. The molecule has 1 saturated carbocycles. The number of aliphatic hydroxyl groups excluding tert-OH is 1. The number of aliphatic hydroxyl groups is 1. The Morgan fingerprint density at radius 3 is 2.65 bits per heavy atom. The van der Waals surface area contributed by atoms with Crippen LogP contribution in [0.1, 0.15) is 44.8 Å². The van der Waals surface area contributed by atoms with Crippen LogP contribution in [0, 0.1) is 5.92 Å². The maximum absolute atomic E-state index is 12.7. The van der Waals surface area contributed by atoms with Gasteiger partial charge in [0.1, 0.15) is 0 Å². The molecule has 0 aromatic heterocycles. The van der Waals surface area contributed by atoms with Crippen LogP contribution in [0.3, 0.4) is 0 Å². The minimum atomic E-state index is -3.45. The van der Waals surface area contributed by atoms with Gasteiger partial charge in [-0.1, -0.05) is 19.1 Å². The van der Waals surface area contributed by atoms with Crippen molar-refractivity contribution < 1.29 is 13.5 Å². The number of hydrogen-bond donors (Lipinski definition) is 1. The largest absolute Gasteiger partial charge is 0.389 e. The van der Waals surface area contributed by atoms with Gasteiger partial charge in [0.05, 0.1) is 11.0 Å². The van der Waals surface area contributed by atoms with Gasteiger partial charge in [-0.3, -0.25) is 0 Å². The molecule has 1 aliphatic carbocycles. The maximum atomic E-state index is 12.7. The molecule has 4 nitrogen and oxygen atoms in total. The number of hydrogen-bond acceptors (Lipinski definition) is 3. The maximum Gasteiger partial charge on any atom is 0.243 e. The first-order chi connectivity index (χ1) is 9.45. The molecule has 0 heterocycles. The number of nitrogens with zero attached hydrogens (tertiary/aromatic N) is 1. The first-order valence-corrected chi connectivity index (χ1v) is 8.67. The van der Waals surface area contributed by atoms with Gasteiger partial charge in [-0.25, -0.2) is 8.42 Å². The first kappa shape index (κ1) is 15.5. The third kappa shape index (κ3) is 3.59. The van der Waals surface area contributed by atoms with E-state index in [-0.39, 0.29) is 4.90 Å². The molecule has 0 spiro atoms. The summed E-state index contributed by atoms with van der Waals surface area (Å²) in [6.07, 6.45) is 2.41. The molecule has 0 amide bonds. The lowest BCUT2D eigenvalue weighted by Gasteiger charge is -2.22. The Kier molecular flexibility index (Phi) is 4.83. The molecule has 0 bridgehead atoms. The molecule has 1 aromatic carbocycles. The summed E-state index contributed by atoms with van der Waals surface area (Å²) >= 11 is 0. The second-order valence-corrected chi connectivity index (χ2v) is 7.49. The molecular formula is C15H23NO3S. The molecule has 1 fully saturated rings. The van der Waals surface area contributed by atoms with E-state index in [0.717, 1.165) is 19.3 Å². The van der Waals surface area contributed by atoms with Crippen LogP contribution in [0.5, 0.6) is 0 Å². The highest BCUT2D eigenvalue weighted by Crippen LogP contribution is 2.32. The summed E-state index contributed by atoms with van der Waals surface area (Å²) in [5.74, 6) is 0.524. The molecule has 112 valence electrons. The number of sulfonamides is 1. The second kappa shape index (κ2) is 6.24. The van der Waals surface area contributed by atoms with Crippen LogP contribution in [-0.2, 0) is 10.0 Å². The second-order valence-electron chi connectivity index (χ2n) is 5.55. The zero-order valence-corrected chi connectivity index (χ0v) is 12.9.